The Morgan fingerprint density at radius 1 is 1.20 bits per heavy atom. The van der Waals surface area contributed by atoms with Gasteiger partial charge in [0.15, 0.2) is 0 Å². The van der Waals surface area contributed by atoms with Crippen molar-refractivity contribution in [1.82, 2.24) is 15.5 Å². The third kappa shape index (κ3) is 4.94. The second-order valence-electron chi connectivity index (χ2n) is 6.87. The first-order valence-electron chi connectivity index (χ1n) is 9.56. The summed E-state index contributed by atoms with van der Waals surface area (Å²) in [5.74, 6) is 1.37. The van der Waals surface area contributed by atoms with Crippen molar-refractivity contribution < 1.29 is 13.6 Å². The van der Waals surface area contributed by atoms with E-state index in [4.69, 9.17) is 16.0 Å². The lowest BCUT2D eigenvalue weighted by Gasteiger charge is -2.24. The van der Waals surface area contributed by atoms with E-state index in [2.05, 4.69) is 15.5 Å². The van der Waals surface area contributed by atoms with E-state index in [0.717, 1.165) is 30.2 Å². The van der Waals surface area contributed by atoms with E-state index in [-0.39, 0.29) is 10.6 Å². The van der Waals surface area contributed by atoms with Crippen LogP contribution >= 0.6 is 23.4 Å². The molecule has 1 N–H and O–H groups in total. The molecule has 4 rings (SSSR count). The van der Waals surface area contributed by atoms with Crippen LogP contribution in [0.15, 0.2) is 52.9 Å². The van der Waals surface area contributed by atoms with Crippen LogP contribution in [0.1, 0.15) is 27.9 Å². The van der Waals surface area contributed by atoms with Crippen LogP contribution in [0.25, 0.3) is 0 Å². The smallest absolute Gasteiger partial charge is 0.318 e. The zero-order valence-electron chi connectivity index (χ0n) is 16.1. The van der Waals surface area contributed by atoms with Crippen LogP contribution in [-0.4, -0.2) is 40.7 Å². The Morgan fingerprint density at radius 3 is 2.70 bits per heavy atom. The topological polar surface area (TPSA) is 71.3 Å². The molecule has 2 aromatic carbocycles. The third-order valence-corrected chi connectivity index (χ3v) is 6.01. The first kappa shape index (κ1) is 20.7. The molecule has 0 aliphatic carbocycles. The molecule has 1 aromatic heterocycles. The van der Waals surface area contributed by atoms with Gasteiger partial charge in [-0.2, -0.15) is 11.8 Å². The highest BCUT2D eigenvalue weighted by molar-refractivity contribution is 7.99. The second kappa shape index (κ2) is 9.49. The number of carbonyl (C=O) groups is 1. The molecule has 0 bridgehead atoms. The maximum absolute atomic E-state index is 13.5. The van der Waals surface area contributed by atoms with Crippen molar-refractivity contribution in [3.63, 3.8) is 0 Å². The number of rotatable bonds is 6. The molecular formula is C21H20ClFN4O2S. The molecule has 0 spiro atoms. The van der Waals surface area contributed by atoms with Crippen LogP contribution in [0.2, 0.25) is 5.02 Å². The van der Waals surface area contributed by atoms with E-state index in [0.29, 0.717) is 18.3 Å². The number of anilines is 1. The third-order valence-electron chi connectivity index (χ3n) is 4.78. The highest BCUT2D eigenvalue weighted by atomic mass is 35.5. The number of halogens is 2. The molecule has 9 heteroatoms. The predicted molar refractivity (Wildman–Crippen MR) is 116 cm³/mol. The molecule has 1 aliphatic rings. The summed E-state index contributed by atoms with van der Waals surface area (Å²) in [5.41, 5.74) is 1.27. The summed E-state index contributed by atoms with van der Waals surface area (Å²) < 4.78 is 19.4. The lowest BCUT2D eigenvalue weighted by Crippen LogP contribution is -2.32. The van der Waals surface area contributed by atoms with E-state index in [1.807, 2.05) is 47.0 Å². The number of thioether (sulfide) groups is 1. The van der Waals surface area contributed by atoms with Crippen molar-refractivity contribution in [2.45, 2.75) is 12.5 Å². The summed E-state index contributed by atoms with van der Waals surface area (Å²) in [6, 6.07) is 13.5. The Kier molecular flexibility index (Phi) is 6.54. The molecule has 156 valence electrons. The van der Waals surface area contributed by atoms with Gasteiger partial charge in [0.2, 0.25) is 5.89 Å². The summed E-state index contributed by atoms with van der Waals surface area (Å²) >= 11 is 7.72. The largest absolute Gasteiger partial charge is 0.406 e. The van der Waals surface area contributed by atoms with E-state index >= 15 is 0 Å². The van der Waals surface area contributed by atoms with Crippen molar-refractivity contribution in [3.05, 3.63) is 76.4 Å². The fraction of sp³-hybridized carbons (Fsp3) is 0.286. The summed E-state index contributed by atoms with van der Waals surface area (Å²) in [7, 11) is 0. The zero-order chi connectivity index (χ0) is 20.9. The molecule has 6 nitrogen and oxygen atoms in total. The summed E-state index contributed by atoms with van der Waals surface area (Å²) in [6.45, 7) is 1.69. The van der Waals surface area contributed by atoms with Gasteiger partial charge >= 0.3 is 6.01 Å². The van der Waals surface area contributed by atoms with Crippen molar-refractivity contribution >= 4 is 35.3 Å². The molecule has 1 atom stereocenters. The SMILES string of the molecule is O=C(N[C@@H](Cc1ccccc1)c1nnc(N2CCSCC2)o1)c1ccc(F)c(Cl)c1. The van der Waals surface area contributed by atoms with Crippen LogP contribution in [0.4, 0.5) is 10.4 Å². The van der Waals surface area contributed by atoms with E-state index in [1.54, 1.807) is 0 Å². The lowest BCUT2D eigenvalue weighted by molar-refractivity contribution is 0.0930. The molecule has 1 fully saturated rings. The average molecular weight is 447 g/mol. The monoisotopic (exact) mass is 446 g/mol. The highest BCUT2D eigenvalue weighted by Crippen LogP contribution is 2.24. The molecule has 0 unspecified atom stereocenters. The van der Waals surface area contributed by atoms with Crippen molar-refractivity contribution in [2.75, 3.05) is 29.5 Å². The normalized spacial score (nSPS) is 15.1. The van der Waals surface area contributed by atoms with Gasteiger partial charge in [0.1, 0.15) is 11.9 Å². The molecule has 1 amide bonds. The number of nitrogens with zero attached hydrogens (tertiary/aromatic N) is 3. The van der Waals surface area contributed by atoms with Gasteiger partial charge in [0.05, 0.1) is 5.02 Å². The Hall–Kier alpha value is -2.58. The number of aromatic nitrogens is 2. The van der Waals surface area contributed by atoms with Crippen LogP contribution in [-0.2, 0) is 6.42 Å². The first-order valence-corrected chi connectivity index (χ1v) is 11.1. The minimum absolute atomic E-state index is 0.106. The number of nitrogens with one attached hydrogen (secondary N) is 1. The fourth-order valence-electron chi connectivity index (χ4n) is 3.18. The number of benzene rings is 2. The van der Waals surface area contributed by atoms with Gasteiger partial charge < -0.3 is 14.6 Å². The van der Waals surface area contributed by atoms with E-state index in [1.165, 1.54) is 18.2 Å². The number of amides is 1. The van der Waals surface area contributed by atoms with Crippen molar-refractivity contribution in [3.8, 4) is 0 Å². The Labute approximate surface area is 182 Å². The van der Waals surface area contributed by atoms with Gasteiger partial charge in [-0.1, -0.05) is 47.0 Å². The molecule has 1 aliphatic heterocycles. The minimum atomic E-state index is -0.574. The van der Waals surface area contributed by atoms with E-state index < -0.39 is 17.8 Å². The van der Waals surface area contributed by atoms with Crippen LogP contribution in [0.5, 0.6) is 0 Å². The standard InChI is InChI=1S/C21H20ClFN4O2S/c22-16-13-15(6-7-17(16)23)19(28)24-18(12-14-4-2-1-3-5-14)20-25-26-21(29-20)27-8-10-30-11-9-27/h1-7,13,18H,8-12H2,(H,24,28)/t18-/m0/s1. The summed E-state index contributed by atoms with van der Waals surface area (Å²) in [6.07, 6.45) is 0.471. The summed E-state index contributed by atoms with van der Waals surface area (Å²) in [5, 5.41) is 11.2. The molecule has 30 heavy (non-hydrogen) atoms. The van der Waals surface area contributed by atoms with Gasteiger partial charge in [-0.3, -0.25) is 4.79 Å². The quantitative estimate of drug-likeness (QED) is 0.614. The highest BCUT2D eigenvalue weighted by Gasteiger charge is 2.25. The Morgan fingerprint density at radius 2 is 1.97 bits per heavy atom. The maximum Gasteiger partial charge on any atom is 0.318 e. The fourth-order valence-corrected chi connectivity index (χ4v) is 4.26. The zero-order valence-corrected chi connectivity index (χ0v) is 17.6. The predicted octanol–water partition coefficient (Wildman–Crippen LogP) is 4.13. The van der Waals surface area contributed by atoms with Gasteiger partial charge in [-0.25, -0.2) is 4.39 Å². The van der Waals surface area contributed by atoms with Gasteiger partial charge in [-0.15, -0.1) is 5.10 Å². The molecule has 1 saturated heterocycles. The molecule has 0 radical (unpaired) electrons. The van der Waals surface area contributed by atoms with E-state index in [9.17, 15) is 9.18 Å². The number of carbonyl (C=O) groups excluding carboxylic acids is 1. The average Bonchev–Trinajstić information content (AvgIpc) is 3.27. The van der Waals surface area contributed by atoms with Gasteiger partial charge in [0.25, 0.3) is 5.91 Å². The number of hydrogen-bond donors (Lipinski definition) is 1. The number of hydrogen-bond acceptors (Lipinski definition) is 6. The first-order chi connectivity index (χ1) is 14.6. The molecule has 0 saturated carbocycles. The molecule has 2 heterocycles. The van der Waals surface area contributed by atoms with Crippen LogP contribution in [0, 0.1) is 5.82 Å². The minimum Gasteiger partial charge on any atom is -0.406 e. The van der Waals surface area contributed by atoms with Gasteiger partial charge in [-0.05, 0) is 23.8 Å². The van der Waals surface area contributed by atoms with Crippen LogP contribution < -0.4 is 10.2 Å². The van der Waals surface area contributed by atoms with Crippen LogP contribution in [0.3, 0.4) is 0 Å². The van der Waals surface area contributed by atoms with Crippen molar-refractivity contribution in [1.29, 1.82) is 0 Å². The Bertz CT molecular complexity index is 1010. The second-order valence-corrected chi connectivity index (χ2v) is 8.50. The maximum atomic E-state index is 13.5. The van der Waals surface area contributed by atoms with Gasteiger partial charge in [0, 0.05) is 36.6 Å². The molecular weight excluding hydrogens is 427 g/mol. The molecule has 3 aromatic rings. The Balaban J connectivity index is 1.57. The lowest BCUT2D eigenvalue weighted by atomic mass is 10.1. The van der Waals surface area contributed by atoms with Crippen molar-refractivity contribution in [2.24, 2.45) is 0 Å². The summed E-state index contributed by atoms with van der Waals surface area (Å²) in [4.78, 5) is 14.8.